The van der Waals surface area contributed by atoms with Crippen molar-refractivity contribution < 1.29 is 14.7 Å². The number of hydrogen-bond acceptors (Lipinski definition) is 2. The molecule has 0 radical (unpaired) electrons. The zero-order valence-electron chi connectivity index (χ0n) is 11.8. The van der Waals surface area contributed by atoms with E-state index in [2.05, 4.69) is 22.5 Å². The molecule has 5 nitrogen and oxygen atoms in total. The SMILES string of the molecule is CC(NC(=O)NCC#Cc1ccccc1)(C(=O)O)C1CC1. The maximum atomic E-state index is 11.8. The van der Waals surface area contributed by atoms with Crippen LogP contribution in [0, 0.1) is 17.8 Å². The second kappa shape index (κ2) is 6.31. The number of urea groups is 1. The highest BCUT2D eigenvalue weighted by molar-refractivity contribution is 5.86. The zero-order chi connectivity index (χ0) is 15.3. The quantitative estimate of drug-likeness (QED) is 0.735. The van der Waals surface area contributed by atoms with Crippen molar-refractivity contribution in [1.82, 2.24) is 10.6 Å². The fraction of sp³-hybridized carbons (Fsp3) is 0.375. The van der Waals surface area contributed by atoms with Gasteiger partial charge in [0.1, 0.15) is 5.54 Å². The van der Waals surface area contributed by atoms with Gasteiger partial charge in [0.2, 0.25) is 0 Å². The summed E-state index contributed by atoms with van der Waals surface area (Å²) >= 11 is 0. The van der Waals surface area contributed by atoms with Gasteiger partial charge in [-0.25, -0.2) is 9.59 Å². The van der Waals surface area contributed by atoms with Gasteiger partial charge in [-0.1, -0.05) is 30.0 Å². The van der Waals surface area contributed by atoms with Crippen molar-refractivity contribution in [3.63, 3.8) is 0 Å². The number of carbonyl (C=O) groups is 2. The molecule has 1 aromatic rings. The van der Waals surface area contributed by atoms with Crippen molar-refractivity contribution in [3.8, 4) is 11.8 Å². The molecule has 1 aromatic carbocycles. The Morgan fingerprint density at radius 1 is 1.33 bits per heavy atom. The third kappa shape index (κ3) is 3.99. The second-order valence-electron chi connectivity index (χ2n) is 5.26. The number of amides is 2. The first-order chi connectivity index (χ1) is 10.0. The van der Waals surface area contributed by atoms with Gasteiger partial charge in [0.25, 0.3) is 0 Å². The molecule has 2 amide bonds. The maximum Gasteiger partial charge on any atom is 0.329 e. The van der Waals surface area contributed by atoms with E-state index >= 15 is 0 Å². The van der Waals surface area contributed by atoms with Crippen molar-refractivity contribution in [2.75, 3.05) is 6.54 Å². The van der Waals surface area contributed by atoms with E-state index in [1.54, 1.807) is 6.92 Å². The standard InChI is InChI=1S/C16H18N2O3/c1-16(14(19)20,13-9-10-13)18-15(21)17-11-5-8-12-6-3-2-4-7-12/h2-4,6-7,13H,9-11H2,1H3,(H,19,20)(H2,17,18,21). The molecule has 1 fully saturated rings. The van der Waals surface area contributed by atoms with E-state index in [0.717, 1.165) is 18.4 Å². The van der Waals surface area contributed by atoms with E-state index in [0.29, 0.717) is 0 Å². The second-order valence-corrected chi connectivity index (χ2v) is 5.26. The first-order valence-corrected chi connectivity index (χ1v) is 6.85. The van der Waals surface area contributed by atoms with E-state index < -0.39 is 17.5 Å². The summed E-state index contributed by atoms with van der Waals surface area (Å²) in [7, 11) is 0. The molecule has 0 spiro atoms. The van der Waals surface area contributed by atoms with Crippen LogP contribution in [-0.2, 0) is 4.79 Å². The summed E-state index contributed by atoms with van der Waals surface area (Å²) in [6.07, 6.45) is 1.66. The summed E-state index contributed by atoms with van der Waals surface area (Å²) in [4.78, 5) is 23.0. The molecule has 3 N–H and O–H groups in total. The largest absolute Gasteiger partial charge is 0.480 e. The minimum atomic E-state index is -1.20. The van der Waals surface area contributed by atoms with Crippen LogP contribution in [0.1, 0.15) is 25.3 Å². The molecular formula is C16H18N2O3. The summed E-state index contributed by atoms with van der Waals surface area (Å²) in [6, 6.07) is 8.93. The average molecular weight is 286 g/mol. The lowest BCUT2D eigenvalue weighted by molar-refractivity contribution is -0.144. The van der Waals surface area contributed by atoms with E-state index in [9.17, 15) is 14.7 Å². The fourth-order valence-electron chi connectivity index (χ4n) is 2.06. The van der Waals surface area contributed by atoms with E-state index in [1.165, 1.54) is 0 Å². The molecule has 1 unspecified atom stereocenters. The summed E-state index contributed by atoms with van der Waals surface area (Å²) < 4.78 is 0. The van der Waals surface area contributed by atoms with Crippen molar-refractivity contribution in [2.24, 2.45) is 5.92 Å². The summed E-state index contributed by atoms with van der Waals surface area (Å²) in [5, 5.41) is 14.3. The highest BCUT2D eigenvalue weighted by Gasteiger charge is 2.48. The molecule has 0 heterocycles. The van der Waals surface area contributed by atoms with Crippen molar-refractivity contribution in [1.29, 1.82) is 0 Å². The minimum absolute atomic E-state index is 0.0103. The van der Waals surface area contributed by atoms with Gasteiger partial charge in [0, 0.05) is 5.56 Å². The number of carboxylic acid groups (broad SMARTS) is 1. The first-order valence-electron chi connectivity index (χ1n) is 6.85. The monoisotopic (exact) mass is 286 g/mol. The normalized spacial score (nSPS) is 16.0. The Morgan fingerprint density at radius 3 is 2.57 bits per heavy atom. The molecule has 21 heavy (non-hydrogen) atoms. The van der Waals surface area contributed by atoms with Gasteiger partial charge in [-0.05, 0) is 37.8 Å². The van der Waals surface area contributed by atoms with Crippen LogP contribution in [-0.4, -0.2) is 29.2 Å². The van der Waals surface area contributed by atoms with Crippen LogP contribution < -0.4 is 10.6 Å². The Morgan fingerprint density at radius 2 is 2.00 bits per heavy atom. The lowest BCUT2D eigenvalue weighted by atomic mass is 9.96. The van der Waals surface area contributed by atoms with Gasteiger partial charge < -0.3 is 15.7 Å². The molecule has 0 bridgehead atoms. The lowest BCUT2D eigenvalue weighted by Crippen LogP contribution is -2.56. The van der Waals surface area contributed by atoms with Crippen LogP contribution in [0.4, 0.5) is 4.79 Å². The molecule has 1 aliphatic rings. The number of hydrogen-bond donors (Lipinski definition) is 3. The predicted octanol–water partition coefficient (Wildman–Crippen LogP) is 1.59. The molecule has 110 valence electrons. The van der Waals surface area contributed by atoms with E-state index in [4.69, 9.17) is 0 Å². The van der Waals surface area contributed by atoms with Gasteiger partial charge in [-0.3, -0.25) is 0 Å². The smallest absolute Gasteiger partial charge is 0.329 e. The van der Waals surface area contributed by atoms with Gasteiger partial charge in [0.15, 0.2) is 0 Å². The third-order valence-electron chi connectivity index (χ3n) is 3.56. The highest BCUT2D eigenvalue weighted by atomic mass is 16.4. The van der Waals surface area contributed by atoms with Gasteiger partial charge in [-0.15, -0.1) is 0 Å². The summed E-state index contributed by atoms with van der Waals surface area (Å²) in [5.41, 5.74) is -0.329. The van der Waals surface area contributed by atoms with Gasteiger partial charge in [-0.2, -0.15) is 0 Å². The van der Waals surface area contributed by atoms with Crippen LogP contribution >= 0.6 is 0 Å². The Kier molecular flexibility index (Phi) is 4.49. The molecule has 0 saturated heterocycles. The van der Waals surface area contributed by atoms with Crippen LogP contribution in [0.15, 0.2) is 30.3 Å². The number of benzene rings is 1. The molecular weight excluding hydrogens is 268 g/mol. The molecule has 2 rings (SSSR count). The molecule has 1 atom stereocenters. The van der Waals surface area contributed by atoms with Crippen LogP contribution in [0.2, 0.25) is 0 Å². The van der Waals surface area contributed by atoms with Crippen LogP contribution in [0.3, 0.4) is 0 Å². The average Bonchev–Trinajstić information content (AvgIpc) is 3.29. The Labute approximate surface area is 123 Å². The number of carboxylic acids is 1. The van der Waals surface area contributed by atoms with Gasteiger partial charge in [0.05, 0.1) is 6.54 Å². The molecule has 5 heteroatoms. The zero-order valence-corrected chi connectivity index (χ0v) is 11.8. The summed E-state index contributed by atoms with van der Waals surface area (Å²) in [5.74, 6) is 4.74. The summed E-state index contributed by atoms with van der Waals surface area (Å²) in [6.45, 7) is 1.71. The van der Waals surface area contributed by atoms with Crippen molar-refractivity contribution in [3.05, 3.63) is 35.9 Å². The lowest BCUT2D eigenvalue weighted by Gasteiger charge is -2.25. The highest BCUT2D eigenvalue weighted by Crippen LogP contribution is 2.39. The Balaban J connectivity index is 1.82. The number of aliphatic carboxylic acids is 1. The molecule has 0 aromatic heterocycles. The fourth-order valence-corrected chi connectivity index (χ4v) is 2.06. The van der Waals surface area contributed by atoms with Crippen molar-refractivity contribution >= 4 is 12.0 Å². The predicted molar refractivity (Wildman–Crippen MR) is 78.6 cm³/mol. The van der Waals surface area contributed by atoms with Gasteiger partial charge >= 0.3 is 12.0 Å². The number of carbonyl (C=O) groups excluding carboxylic acids is 1. The van der Waals surface area contributed by atoms with Crippen LogP contribution in [0.5, 0.6) is 0 Å². The maximum absolute atomic E-state index is 11.8. The van der Waals surface area contributed by atoms with Crippen LogP contribution in [0.25, 0.3) is 0 Å². The van der Waals surface area contributed by atoms with E-state index in [1.807, 2.05) is 30.3 Å². The van der Waals surface area contributed by atoms with E-state index in [-0.39, 0.29) is 12.5 Å². The topological polar surface area (TPSA) is 78.4 Å². The third-order valence-corrected chi connectivity index (χ3v) is 3.56. The molecule has 1 aliphatic carbocycles. The number of nitrogens with one attached hydrogen (secondary N) is 2. The minimum Gasteiger partial charge on any atom is -0.480 e. The Bertz CT molecular complexity index is 585. The number of rotatable bonds is 4. The molecule has 0 aliphatic heterocycles. The first kappa shape index (κ1) is 14.9. The molecule has 1 saturated carbocycles. The van der Waals surface area contributed by atoms with Crippen molar-refractivity contribution in [2.45, 2.75) is 25.3 Å². The Hall–Kier alpha value is -2.48.